The van der Waals surface area contributed by atoms with E-state index in [-0.39, 0.29) is 17.4 Å². The third kappa shape index (κ3) is 3.85. The fourth-order valence-electron chi connectivity index (χ4n) is 3.20. The quantitative estimate of drug-likeness (QED) is 0.783. The maximum atomic E-state index is 12.7. The average molecular weight is 328 g/mol. The van der Waals surface area contributed by atoms with Crippen molar-refractivity contribution in [2.45, 2.75) is 38.1 Å². The van der Waals surface area contributed by atoms with Gasteiger partial charge in [0.25, 0.3) is 0 Å². The summed E-state index contributed by atoms with van der Waals surface area (Å²) >= 11 is 0. The van der Waals surface area contributed by atoms with E-state index in [4.69, 9.17) is 0 Å². The molecule has 5 nitrogen and oxygen atoms in total. The highest BCUT2D eigenvalue weighted by Gasteiger charge is 2.30. The molecule has 5 heteroatoms. The molecule has 1 unspecified atom stereocenters. The van der Waals surface area contributed by atoms with Gasteiger partial charge < -0.3 is 10.6 Å². The summed E-state index contributed by atoms with van der Waals surface area (Å²) in [5.41, 5.74) is 2.11. The molecule has 0 fully saturated rings. The average Bonchev–Trinajstić information content (AvgIpc) is 3.04. The van der Waals surface area contributed by atoms with Crippen molar-refractivity contribution in [3.8, 4) is 0 Å². The van der Waals surface area contributed by atoms with Gasteiger partial charge in [-0.25, -0.2) is 0 Å². The molecule has 130 valence electrons. The van der Waals surface area contributed by atoms with E-state index < -0.39 is 0 Å². The number of hydrogen-bond acceptors (Lipinski definition) is 3. The van der Waals surface area contributed by atoms with Crippen LogP contribution in [0.3, 0.4) is 0 Å². The minimum absolute atomic E-state index is 0.0206. The van der Waals surface area contributed by atoms with E-state index in [9.17, 15) is 4.79 Å². The molecule has 1 aromatic carbocycles. The molecular formula is C19H28N4O. The first-order valence-corrected chi connectivity index (χ1v) is 8.55. The molecule has 0 saturated heterocycles. The predicted molar refractivity (Wildman–Crippen MR) is 96.7 cm³/mol. The van der Waals surface area contributed by atoms with E-state index in [1.54, 1.807) is 17.9 Å². The molecule has 1 amide bonds. The fourth-order valence-corrected chi connectivity index (χ4v) is 3.20. The maximum Gasteiger partial charge on any atom is 0.241 e. The third-order valence-electron chi connectivity index (χ3n) is 4.95. The van der Waals surface area contributed by atoms with Gasteiger partial charge in [0.05, 0.1) is 6.20 Å². The van der Waals surface area contributed by atoms with Crippen LogP contribution < -0.4 is 10.6 Å². The lowest BCUT2D eigenvalue weighted by atomic mass is 9.75. The number of rotatable bonds is 8. The Hall–Kier alpha value is -2.14. The van der Waals surface area contributed by atoms with Crippen molar-refractivity contribution < 1.29 is 4.79 Å². The van der Waals surface area contributed by atoms with Crippen molar-refractivity contribution in [2.75, 3.05) is 13.6 Å². The van der Waals surface area contributed by atoms with Gasteiger partial charge in [0.1, 0.15) is 6.04 Å². The number of nitrogens with one attached hydrogen (secondary N) is 2. The van der Waals surface area contributed by atoms with Gasteiger partial charge in [0.15, 0.2) is 0 Å². The van der Waals surface area contributed by atoms with Gasteiger partial charge in [0.2, 0.25) is 5.91 Å². The first-order valence-electron chi connectivity index (χ1n) is 8.55. The Morgan fingerprint density at radius 3 is 2.42 bits per heavy atom. The number of aromatic nitrogens is 2. The van der Waals surface area contributed by atoms with Crippen LogP contribution >= 0.6 is 0 Å². The molecular weight excluding hydrogens is 300 g/mol. The number of benzene rings is 1. The largest absolute Gasteiger partial charge is 0.354 e. The van der Waals surface area contributed by atoms with Crippen LogP contribution in [0.25, 0.3) is 0 Å². The monoisotopic (exact) mass is 328 g/mol. The number of carbonyl (C=O) groups is 1. The van der Waals surface area contributed by atoms with Gasteiger partial charge in [-0.3, -0.25) is 9.48 Å². The lowest BCUT2D eigenvalue weighted by Gasteiger charge is -2.33. The van der Waals surface area contributed by atoms with Gasteiger partial charge in [-0.2, -0.15) is 5.10 Å². The van der Waals surface area contributed by atoms with E-state index in [0.717, 1.165) is 18.4 Å². The van der Waals surface area contributed by atoms with Gasteiger partial charge in [0, 0.05) is 30.8 Å². The second kappa shape index (κ2) is 8.11. The van der Waals surface area contributed by atoms with Gasteiger partial charge in [-0.1, -0.05) is 44.2 Å². The topological polar surface area (TPSA) is 59.0 Å². The van der Waals surface area contributed by atoms with Crippen molar-refractivity contribution in [3.63, 3.8) is 0 Å². The molecule has 0 aliphatic heterocycles. The lowest BCUT2D eigenvalue weighted by molar-refractivity contribution is -0.123. The maximum absolute atomic E-state index is 12.7. The minimum Gasteiger partial charge on any atom is -0.354 e. The summed E-state index contributed by atoms with van der Waals surface area (Å²) in [5, 5.41) is 10.4. The molecule has 0 radical (unpaired) electrons. The summed E-state index contributed by atoms with van der Waals surface area (Å²) in [7, 11) is 3.64. The number of carbonyl (C=O) groups excluding carboxylic acids is 1. The summed E-state index contributed by atoms with van der Waals surface area (Å²) in [6.07, 6.45) is 5.55. The van der Waals surface area contributed by atoms with E-state index in [2.05, 4.69) is 53.8 Å². The van der Waals surface area contributed by atoms with Crippen LogP contribution in [-0.2, 0) is 17.3 Å². The number of aryl methyl sites for hydroxylation is 1. The summed E-state index contributed by atoms with van der Waals surface area (Å²) in [6.45, 7) is 4.99. The van der Waals surface area contributed by atoms with Crippen LogP contribution in [0, 0.1) is 0 Å². The standard InChI is InChI=1S/C19H28N4O/c1-5-19(6-2,16-10-8-7-9-11-16)14-21-18(24)17(20-3)15-12-22-23(4)13-15/h7-13,17,20H,5-6,14H2,1-4H3,(H,21,24). The van der Waals surface area contributed by atoms with E-state index in [1.807, 2.05) is 19.3 Å². The van der Waals surface area contributed by atoms with Gasteiger partial charge >= 0.3 is 0 Å². The lowest BCUT2D eigenvalue weighted by Crippen LogP contribution is -2.44. The number of hydrogen-bond donors (Lipinski definition) is 2. The first-order chi connectivity index (χ1) is 11.6. The SMILES string of the molecule is CCC(CC)(CNC(=O)C(NC)c1cnn(C)c1)c1ccccc1. The summed E-state index contributed by atoms with van der Waals surface area (Å²) in [6, 6.07) is 10.1. The Labute approximate surface area is 144 Å². The van der Waals surface area contributed by atoms with Gasteiger partial charge in [-0.05, 0) is 25.5 Å². The van der Waals surface area contributed by atoms with Crippen LogP contribution in [0.4, 0.5) is 0 Å². The highest BCUT2D eigenvalue weighted by atomic mass is 16.2. The Morgan fingerprint density at radius 1 is 1.25 bits per heavy atom. The molecule has 1 heterocycles. The molecule has 24 heavy (non-hydrogen) atoms. The molecule has 0 bridgehead atoms. The molecule has 0 saturated carbocycles. The number of amides is 1. The Bertz CT molecular complexity index is 646. The Kier molecular flexibility index (Phi) is 6.15. The molecule has 2 N–H and O–H groups in total. The van der Waals surface area contributed by atoms with E-state index in [0.29, 0.717) is 6.54 Å². The fraction of sp³-hybridized carbons (Fsp3) is 0.474. The van der Waals surface area contributed by atoms with Crippen LogP contribution in [-0.4, -0.2) is 29.3 Å². The van der Waals surface area contributed by atoms with Crippen LogP contribution in [0.15, 0.2) is 42.7 Å². The highest BCUT2D eigenvalue weighted by molar-refractivity contribution is 5.83. The number of likely N-dealkylation sites (N-methyl/N-ethyl adjacent to an activating group) is 1. The molecule has 2 aromatic rings. The second-order valence-corrected chi connectivity index (χ2v) is 6.24. The zero-order valence-electron chi connectivity index (χ0n) is 15.0. The van der Waals surface area contributed by atoms with Crippen molar-refractivity contribution in [1.82, 2.24) is 20.4 Å². The normalized spacial score (nSPS) is 12.8. The van der Waals surface area contributed by atoms with Crippen molar-refractivity contribution in [3.05, 3.63) is 53.9 Å². The van der Waals surface area contributed by atoms with Crippen molar-refractivity contribution in [1.29, 1.82) is 0 Å². The smallest absolute Gasteiger partial charge is 0.241 e. The molecule has 2 rings (SSSR count). The number of nitrogens with zero attached hydrogens (tertiary/aromatic N) is 2. The Morgan fingerprint density at radius 2 is 1.92 bits per heavy atom. The third-order valence-corrected chi connectivity index (χ3v) is 4.95. The molecule has 1 atom stereocenters. The first kappa shape index (κ1) is 18.2. The zero-order chi connectivity index (χ0) is 17.6. The van der Waals surface area contributed by atoms with Crippen LogP contribution in [0.1, 0.15) is 43.9 Å². The minimum atomic E-state index is -0.388. The summed E-state index contributed by atoms with van der Waals surface area (Å²) < 4.78 is 1.71. The molecule has 0 aliphatic rings. The highest BCUT2D eigenvalue weighted by Crippen LogP contribution is 2.31. The van der Waals surface area contributed by atoms with E-state index >= 15 is 0 Å². The molecule has 0 aliphatic carbocycles. The zero-order valence-corrected chi connectivity index (χ0v) is 15.0. The predicted octanol–water partition coefficient (Wildman–Crippen LogP) is 2.55. The van der Waals surface area contributed by atoms with Crippen molar-refractivity contribution in [2.24, 2.45) is 7.05 Å². The summed E-state index contributed by atoms with van der Waals surface area (Å²) in [5.74, 6) is -0.0206. The molecule has 1 aromatic heterocycles. The summed E-state index contributed by atoms with van der Waals surface area (Å²) in [4.78, 5) is 12.7. The van der Waals surface area contributed by atoms with Crippen LogP contribution in [0.2, 0.25) is 0 Å². The molecule has 0 spiro atoms. The second-order valence-electron chi connectivity index (χ2n) is 6.24. The van der Waals surface area contributed by atoms with Gasteiger partial charge in [-0.15, -0.1) is 0 Å². The Balaban J connectivity index is 2.12. The van der Waals surface area contributed by atoms with Crippen LogP contribution in [0.5, 0.6) is 0 Å². The van der Waals surface area contributed by atoms with E-state index in [1.165, 1.54) is 5.56 Å². The van der Waals surface area contributed by atoms with Crippen molar-refractivity contribution >= 4 is 5.91 Å².